The van der Waals surface area contributed by atoms with Gasteiger partial charge in [-0.15, -0.1) is 0 Å². The summed E-state index contributed by atoms with van der Waals surface area (Å²) in [6.45, 7) is 4.84. The van der Waals surface area contributed by atoms with E-state index in [1.54, 1.807) is 0 Å². The van der Waals surface area contributed by atoms with Crippen molar-refractivity contribution in [2.24, 2.45) is 0 Å². The van der Waals surface area contributed by atoms with E-state index in [9.17, 15) is 0 Å². The van der Waals surface area contributed by atoms with Gasteiger partial charge in [-0.05, 0) is 47.5 Å². The van der Waals surface area contributed by atoms with Crippen molar-refractivity contribution >= 4 is 56.2 Å². The Hall–Kier alpha value is -3.40. The van der Waals surface area contributed by atoms with Gasteiger partial charge >= 0.3 is 0 Å². The average Bonchev–Trinajstić information content (AvgIpc) is 3.24. The number of para-hydroxylation sites is 2. The summed E-state index contributed by atoms with van der Waals surface area (Å²) in [4.78, 5) is 0. The highest BCUT2D eigenvalue weighted by Crippen LogP contribution is 2.32. The Morgan fingerprint density at radius 3 is 1.46 bits per heavy atom. The number of aromatic nitrogens is 1. The molecule has 6 aromatic rings. The zero-order valence-electron chi connectivity index (χ0n) is 19.9. The third-order valence-electron chi connectivity index (χ3n) is 7.21. The predicted molar refractivity (Wildman–Crippen MR) is 157 cm³/mol. The summed E-state index contributed by atoms with van der Waals surface area (Å²) < 4.78 is 3.50. The molecular formula is C32H26BrNSi. The van der Waals surface area contributed by atoms with Crippen LogP contribution in [0, 0.1) is 0 Å². The molecule has 0 saturated heterocycles. The van der Waals surface area contributed by atoms with Crippen LogP contribution >= 0.6 is 15.9 Å². The first-order valence-electron chi connectivity index (χ1n) is 12.0. The molecule has 0 aliphatic carbocycles. The zero-order valence-corrected chi connectivity index (χ0v) is 22.5. The minimum atomic E-state index is -1.72. The van der Waals surface area contributed by atoms with Crippen molar-refractivity contribution < 1.29 is 0 Å². The van der Waals surface area contributed by atoms with Gasteiger partial charge in [-0.2, -0.15) is 0 Å². The smallest absolute Gasteiger partial charge is 0.112 e. The molecular weight excluding hydrogens is 506 g/mol. The minimum Gasteiger partial charge on any atom is -0.309 e. The molecule has 0 bridgehead atoms. The van der Waals surface area contributed by atoms with Gasteiger partial charge in [0.25, 0.3) is 0 Å². The van der Waals surface area contributed by atoms with E-state index in [0.717, 1.165) is 4.47 Å². The summed E-state index contributed by atoms with van der Waals surface area (Å²) in [5.41, 5.74) is 6.16. The fourth-order valence-electron chi connectivity index (χ4n) is 5.12. The fourth-order valence-corrected chi connectivity index (χ4v) is 7.71. The lowest BCUT2D eigenvalue weighted by molar-refractivity contribution is 1.18. The highest BCUT2D eigenvalue weighted by molar-refractivity contribution is 9.10. The Bertz CT molecular complexity index is 1590. The summed E-state index contributed by atoms with van der Waals surface area (Å²) in [5.74, 6) is 0. The largest absolute Gasteiger partial charge is 0.309 e. The van der Waals surface area contributed by atoms with Crippen LogP contribution in [0.15, 0.2) is 126 Å². The molecule has 0 saturated carbocycles. The monoisotopic (exact) mass is 531 g/mol. The number of hydrogen-bond acceptors (Lipinski definition) is 0. The molecule has 0 aliphatic rings. The quantitative estimate of drug-likeness (QED) is 0.203. The van der Waals surface area contributed by atoms with Gasteiger partial charge in [0, 0.05) is 20.9 Å². The number of nitrogens with zero attached hydrogens (tertiary/aromatic N) is 1. The van der Waals surface area contributed by atoms with Crippen LogP contribution < -0.4 is 10.4 Å². The summed E-state index contributed by atoms with van der Waals surface area (Å²) in [7, 11) is -1.72. The number of rotatable bonds is 4. The topological polar surface area (TPSA) is 4.93 Å². The third kappa shape index (κ3) is 3.85. The number of benzene rings is 5. The maximum Gasteiger partial charge on any atom is 0.112 e. The van der Waals surface area contributed by atoms with E-state index in [2.05, 4.69) is 155 Å². The van der Waals surface area contributed by atoms with Gasteiger partial charge < -0.3 is 4.57 Å². The van der Waals surface area contributed by atoms with Crippen LogP contribution in [0.25, 0.3) is 38.6 Å². The maximum atomic E-state index is 3.56. The van der Waals surface area contributed by atoms with Gasteiger partial charge in [-0.3, -0.25) is 0 Å². The van der Waals surface area contributed by atoms with Gasteiger partial charge in [0.1, 0.15) is 8.07 Å². The Labute approximate surface area is 215 Å². The van der Waals surface area contributed by atoms with Crippen molar-refractivity contribution in [1.82, 2.24) is 4.57 Å². The molecule has 0 aliphatic heterocycles. The van der Waals surface area contributed by atoms with Crippen LogP contribution in [0.3, 0.4) is 0 Å². The Kier molecular flexibility index (Phi) is 5.47. The highest BCUT2D eigenvalue weighted by Gasteiger charge is 2.25. The number of halogens is 1. The molecule has 0 amide bonds. The van der Waals surface area contributed by atoms with Crippen LogP contribution in [-0.4, -0.2) is 12.6 Å². The number of hydrogen-bond donors (Lipinski definition) is 0. The molecule has 0 spiro atoms. The van der Waals surface area contributed by atoms with Crippen LogP contribution in [0.2, 0.25) is 13.1 Å². The molecule has 0 fully saturated rings. The van der Waals surface area contributed by atoms with Crippen molar-refractivity contribution in [3.63, 3.8) is 0 Å². The predicted octanol–water partition coefficient (Wildman–Crippen LogP) is 8.04. The summed E-state index contributed by atoms with van der Waals surface area (Å²) in [6.07, 6.45) is 0. The van der Waals surface area contributed by atoms with Gasteiger partial charge in [-0.25, -0.2) is 0 Å². The molecule has 5 aromatic carbocycles. The second-order valence-corrected chi connectivity index (χ2v) is 14.9. The highest BCUT2D eigenvalue weighted by atomic mass is 79.9. The molecule has 1 nitrogen and oxygen atoms in total. The van der Waals surface area contributed by atoms with Crippen LogP contribution in [-0.2, 0) is 0 Å². The summed E-state index contributed by atoms with van der Waals surface area (Å²) in [5, 5.41) is 5.48. The van der Waals surface area contributed by atoms with Crippen molar-refractivity contribution in [2.45, 2.75) is 13.1 Å². The Balaban J connectivity index is 1.34. The average molecular weight is 533 g/mol. The molecule has 35 heavy (non-hydrogen) atoms. The van der Waals surface area contributed by atoms with E-state index in [-0.39, 0.29) is 0 Å². The molecule has 1 aromatic heterocycles. The van der Waals surface area contributed by atoms with E-state index in [0.29, 0.717) is 0 Å². The molecule has 0 radical (unpaired) electrons. The van der Waals surface area contributed by atoms with E-state index < -0.39 is 8.07 Å². The number of fused-ring (bicyclic) bond motifs is 3. The first-order valence-corrected chi connectivity index (χ1v) is 15.8. The molecule has 0 unspecified atom stereocenters. The van der Waals surface area contributed by atoms with Gasteiger partial charge in [0.2, 0.25) is 0 Å². The fraction of sp³-hybridized carbons (Fsp3) is 0.0625. The standard InChI is InChI=1S/C32H26BrNSi/c1-35(2,28-21-15-25(33)16-22-28)27-19-13-24(14-20-27)23-11-17-26(18-12-23)34-31-9-5-3-7-29(31)30-8-4-6-10-32(30)34/h3-22H,1-2H3. The van der Waals surface area contributed by atoms with E-state index >= 15 is 0 Å². The molecule has 0 N–H and O–H groups in total. The SMILES string of the molecule is C[Si](C)(c1ccc(Br)cc1)c1ccc(-c2ccc(-n3c4ccccc4c4ccccc43)cc2)cc1. The van der Waals surface area contributed by atoms with Crippen LogP contribution in [0.4, 0.5) is 0 Å². The lowest BCUT2D eigenvalue weighted by Crippen LogP contribution is -2.52. The van der Waals surface area contributed by atoms with Crippen molar-refractivity contribution in [2.75, 3.05) is 0 Å². The second-order valence-electron chi connectivity index (χ2n) is 9.63. The van der Waals surface area contributed by atoms with E-state index in [4.69, 9.17) is 0 Å². The first-order chi connectivity index (χ1) is 17.0. The normalized spacial score (nSPS) is 11.9. The molecule has 170 valence electrons. The molecule has 3 heteroatoms. The second kappa shape index (κ2) is 8.67. The van der Waals surface area contributed by atoms with Crippen LogP contribution in [0.1, 0.15) is 0 Å². The van der Waals surface area contributed by atoms with Gasteiger partial charge in [0.05, 0.1) is 11.0 Å². The first kappa shape index (κ1) is 22.1. The summed E-state index contributed by atoms with van der Waals surface area (Å²) >= 11 is 3.56. The van der Waals surface area contributed by atoms with Crippen molar-refractivity contribution in [3.05, 3.63) is 126 Å². The lowest BCUT2D eigenvalue weighted by Gasteiger charge is -2.24. The molecule has 1 heterocycles. The zero-order chi connectivity index (χ0) is 24.0. The Morgan fingerprint density at radius 2 is 0.943 bits per heavy atom. The van der Waals surface area contributed by atoms with Gasteiger partial charge in [-0.1, -0.05) is 124 Å². The van der Waals surface area contributed by atoms with E-state index in [1.807, 2.05) is 0 Å². The maximum absolute atomic E-state index is 3.56. The van der Waals surface area contributed by atoms with E-state index in [1.165, 1.54) is 49.0 Å². The van der Waals surface area contributed by atoms with Crippen molar-refractivity contribution in [1.29, 1.82) is 0 Å². The van der Waals surface area contributed by atoms with Crippen molar-refractivity contribution in [3.8, 4) is 16.8 Å². The van der Waals surface area contributed by atoms with Gasteiger partial charge in [0.15, 0.2) is 0 Å². The Morgan fingerprint density at radius 1 is 0.514 bits per heavy atom. The van der Waals surface area contributed by atoms with Crippen LogP contribution in [0.5, 0.6) is 0 Å². The third-order valence-corrected chi connectivity index (χ3v) is 11.3. The summed E-state index contributed by atoms with van der Waals surface area (Å²) in [6, 6.07) is 44.3. The molecule has 6 rings (SSSR count). The minimum absolute atomic E-state index is 1.13. The molecule has 0 atom stereocenters. The lowest BCUT2D eigenvalue weighted by atomic mass is 10.1.